The van der Waals surface area contributed by atoms with Gasteiger partial charge >= 0.3 is 5.97 Å². The molecule has 0 saturated heterocycles. The van der Waals surface area contributed by atoms with Gasteiger partial charge < -0.3 is 4.74 Å². The van der Waals surface area contributed by atoms with Gasteiger partial charge in [0.25, 0.3) is 5.56 Å². The van der Waals surface area contributed by atoms with Crippen molar-refractivity contribution in [1.29, 1.82) is 0 Å². The van der Waals surface area contributed by atoms with Crippen LogP contribution >= 0.6 is 0 Å². The Kier molecular flexibility index (Phi) is 3.97. The van der Waals surface area contributed by atoms with Crippen LogP contribution < -0.4 is 5.56 Å². The maximum atomic E-state index is 12.7. The lowest BCUT2D eigenvalue weighted by Crippen LogP contribution is -2.26. The Labute approximate surface area is 132 Å². The van der Waals surface area contributed by atoms with Crippen molar-refractivity contribution in [3.8, 4) is 0 Å². The van der Waals surface area contributed by atoms with Crippen molar-refractivity contribution in [2.75, 3.05) is 6.61 Å². The standard InChI is InChI=1S/C17H17N3O3/c1-3-23-17(22)15-13(10-12-6-4-5-11(2)9-12)16(21)20-14(19-15)7-8-18-20/h4-9,18H,3,10H2,1-2H3. The zero-order valence-electron chi connectivity index (χ0n) is 13.0. The minimum absolute atomic E-state index is 0.0814. The summed E-state index contributed by atoms with van der Waals surface area (Å²) in [5, 5.41) is 2.81. The quantitative estimate of drug-likeness (QED) is 0.749. The van der Waals surface area contributed by atoms with E-state index in [0.717, 1.165) is 11.1 Å². The minimum Gasteiger partial charge on any atom is -0.461 e. The van der Waals surface area contributed by atoms with Crippen molar-refractivity contribution in [3.05, 3.63) is 69.3 Å². The van der Waals surface area contributed by atoms with Crippen LogP contribution in [-0.4, -0.2) is 27.2 Å². The van der Waals surface area contributed by atoms with E-state index in [0.29, 0.717) is 17.6 Å². The molecule has 23 heavy (non-hydrogen) atoms. The van der Waals surface area contributed by atoms with E-state index in [9.17, 15) is 9.59 Å². The topological polar surface area (TPSA) is 76.5 Å². The maximum Gasteiger partial charge on any atom is 0.357 e. The first kappa shape index (κ1) is 15.0. The fraction of sp³-hybridized carbons (Fsp3) is 0.235. The third-order valence-corrected chi connectivity index (χ3v) is 3.57. The minimum atomic E-state index is -0.573. The van der Waals surface area contributed by atoms with Gasteiger partial charge in [0.15, 0.2) is 11.3 Å². The smallest absolute Gasteiger partial charge is 0.357 e. The van der Waals surface area contributed by atoms with Crippen LogP contribution in [0.4, 0.5) is 0 Å². The lowest BCUT2D eigenvalue weighted by Gasteiger charge is -2.09. The number of benzene rings is 1. The molecule has 0 aliphatic carbocycles. The molecule has 0 radical (unpaired) electrons. The number of H-pyrrole nitrogens is 1. The van der Waals surface area contributed by atoms with Gasteiger partial charge in [0, 0.05) is 18.7 Å². The molecule has 0 atom stereocenters. The van der Waals surface area contributed by atoms with Crippen molar-refractivity contribution in [2.24, 2.45) is 0 Å². The number of aromatic amines is 1. The number of aromatic nitrogens is 3. The number of nitrogens with one attached hydrogen (secondary N) is 1. The van der Waals surface area contributed by atoms with E-state index in [1.807, 2.05) is 31.2 Å². The van der Waals surface area contributed by atoms with Crippen LogP contribution in [0.15, 0.2) is 41.3 Å². The molecule has 2 aromatic heterocycles. The summed E-state index contributed by atoms with van der Waals surface area (Å²) < 4.78 is 6.38. The monoisotopic (exact) mass is 311 g/mol. The van der Waals surface area contributed by atoms with Gasteiger partial charge in [-0.2, -0.15) is 0 Å². The Hall–Kier alpha value is -2.89. The molecule has 0 bridgehead atoms. The summed E-state index contributed by atoms with van der Waals surface area (Å²) in [5.41, 5.74) is 2.55. The van der Waals surface area contributed by atoms with Gasteiger partial charge in [-0.25, -0.2) is 14.3 Å². The van der Waals surface area contributed by atoms with Gasteiger partial charge in [-0.1, -0.05) is 29.8 Å². The Morgan fingerprint density at radius 1 is 1.35 bits per heavy atom. The molecule has 0 saturated carbocycles. The second-order valence-corrected chi connectivity index (χ2v) is 5.29. The van der Waals surface area contributed by atoms with Gasteiger partial charge in [0.05, 0.1) is 12.2 Å². The van der Waals surface area contributed by atoms with E-state index < -0.39 is 5.97 Å². The van der Waals surface area contributed by atoms with E-state index in [1.54, 1.807) is 19.2 Å². The highest BCUT2D eigenvalue weighted by Gasteiger charge is 2.20. The van der Waals surface area contributed by atoms with Crippen LogP contribution in [-0.2, 0) is 11.2 Å². The van der Waals surface area contributed by atoms with Gasteiger partial charge in [-0.05, 0) is 19.4 Å². The number of rotatable bonds is 4. The average Bonchev–Trinajstić information content (AvgIpc) is 2.99. The maximum absolute atomic E-state index is 12.7. The number of ether oxygens (including phenoxy) is 1. The number of carbonyl (C=O) groups excluding carboxylic acids is 1. The van der Waals surface area contributed by atoms with Crippen molar-refractivity contribution in [1.82, 2.24) is 14.6 Å². The summed E-state index contributed by atoms with van der Waals surface area (Å²) in [6.07, 6.45) is 1.93. The van der Waals surface area contributed by atoms with Crippen LogP contribution in [0.25, 0.3) is 5.65 Å². The average molecular weight is 311 g/mol. The van der Waals surface area contributed by atoms with Gasteiger partial charge in [-0.3, -0.25) is 9.89 Å². The van der Waals surface area contributed by atoms with Crippen molar-refractivity contribution >= 4 is 11.6 Å². The molecular weight excluding hydrogens is 294 g/mol. The predicted molar refractivity (Wildman–Crippen MR) is 85.8 cm³/mol. The zero-order valence-corrected chi connectivity index (χ0v) is 13.0. The molecule has 2 heterocycles. The summed E-state index contributed by atoms with van der Waals surface area (Å²) in [6.45, 7) is 3.94. The number of fused-ring (bicyclic) bond motifs is 1. The molecule has 0 aliphatic heterocycles. The second kappa shape index (κ2) is 6.08. The van der Waals surface area contributed by atoms with Crippen LogP contribution in [0.5, 0.6) is 0 Å². The molecule has 3 aromatic rings. The van der Waals surface area contributed by atoms with E-state index >= 15 is 0 Å². The number of nitrogens with zero attached hydrogens (tertiary/aromatic N) is 2. The van der Waals surface area contributed by atoms with E-state index in [1.165, 1.54) is 4.52 Å². The van der Waals surface area contributed by atoms with E-state index in [4.69, 9.17) is 4.74 Å². The molecule has 1 N–H and O–H groups in total. The molecule has 0 amide bonds. The van der Waals surface area contributed by atoms with E-state index in [2.05, 4.69) is 10.1 Å². The Balaban J connectivity index is 2.16. The molecule has 0 fully saturated rings. The Morgan fingerprint density at radius 2 is 2.17 bits per heavy atom. The molecule has 0 aliphatic rings. The molecule has 118 valence electrons. The third-order valence-electron chi connectivity index (χ3n) is 3.57. The SMILES string of the molecule is CCOC(=O)c1nc2cc[nH]n2c(=O)c1Cc1cccc(C)c1. The first-order chi connectivity index (χ1) is 11.1. The summed E-state index contributed by atoms with van der Waals surface area (Å²) in [6, 6.07) is 9.45. The number of aryl methyl sites for hydroxylation is 1. The molecule has 0 spiro atoms. The van der Waals surface area contributed by atoms with Crippen molar-refractivity contribution in [2.45, 2.75) is 20.3 Å². The fourth-order valence-corrected chi connectivity index (χ4v) is 2.55. The molecule has 6 nitrogen and oxygen atoms in total. The zero-order chi connectivity index (χ0) is 16.4. The van der Waals surface area contributed by atoms with Gasteiger partial charge in [0.1, 0.15) is 0 Å². The lowest BCUT2D eigenvalue weighted by molar-refractivity contribution is 0.0518. The van der Waals surface area contributed by atoms with Crippen LogP contribution in [0.1, 0.15) is 34.1 Å². The Morgan fingerprint density at radius 3 is 2.91 bits per heavy atom. The molecule has 3 rings (SSSR count). The van der Waals surface area contributed by atoms with Crippen LogP contribution in [0.2, 0.25) is 0 Å². The summed E-state index contributed by atoms with van der Waals surface area (Å²) in [4.78, 5) is 29.2. The fourth-order valence-electron chi connectivity index (χ4n) is 2.55. The second-order valence-electron chi connectivity index (χ2n) is 5.29. The highest BCUT2D eigenvalue weighted by molar-refractivity contribution is 5.89. The number of carbonyl (C=O) groups is 1. The van der Waals surface area contributed by atoms with Crippen molar-refractivity contribution < 1.29 is 9.53 Å². The number of esters is 1. The first-order valence-electron chi connectivity index (χ1n) is 7.42. The summed E-state index contributed by atoms with van der Waals surface area (Å²) in [7, 11) is 0. The van der Waals surface area contributed by atoms with Crippen LogP contribution in [0, 0.1) is 6.92 Å². The first-order valence-corrected chi connectivity index (χ1v) is 7.42. The normalized spacial score (nSPS) is 10.9. The summed E-state index contributed by atoms with van der Waals surface area (Å²) in [5.74, 6) is -0.573. The Bertz CT molecular complexity index is 924. The number of hydrogen-bond donors (Lipinski definition) is 1. The largest absolute Gasteiger partial charge is 0.461 e. The molecular formula is C17H17N3O3. The lowest BCUT2D eigenvalue weighted by atomic mass is 10.0. The predicted octanol–water partition coefficient (Wildman–Crippen LogP) is 2.10. The molecule has 6 heteroatoms. The summed E-state index contributed by atoms with van der Waals surface area (Å²) >= 11 is 0. The number of hydrogen-bond acceptors (Lipinski definition) is 4. The van der Waals surface area contributed by atoms with Crippen LogP contribution in [0.3, 0.4) is 0 Å². The van der Waals surface area contributed by atoms with E-state index in [-0.39, 0.29) is 17.9 Å². The van der Waals surface area contributed by atoms with Crippen molar-refractivity contribution in [3.63, 3.8) is 0 Å². The molecule has 0 unspecified atom stereocenters. The third kappa shape index (κ3) is 2.88. The molecule has 1 aromatic carbocycles. The van der Waals surface area contributed by atoms with Gasteiger partial charge in [0.2, 0.25) is 0 Å². The highest BCUT2D eigenvalue weighted by atomic mass is 16.5. The van der Waals surface area contributed by atoms with Gasteiger partial charge in [-0.15, -0.1) is 0 Å². The highest BCUT2D eigenvalue weighted by Crippen LogP contribution is 2.13.